The Morgan fingerprint density at radius 3 is 2.76 bits per heavy atom. The van der Waals surface area contributed by atoms with Crippen molar-refractivity contribution in [3.05, 3.63) is 53.5 Å². The van der Waals surface area contributed by atoms with Crippen molar-refractivity contribution in [2.45, 2.75) is 25.8 Å². The van der Waals surface area contributed by atoms with Crippen molar-refractivity contribution in [3.63, 3.8) is 0 Å². The lowest BCUT2D eigenvalue weighted by atomic mass is 10.1. The van der Waals surface area contributed by atoms with E-state index in [9.17, 15) is 4.79 Å². The number of piperazine rings is 1. The van der Waals surface area contributed by atoms with Crippen LogP contribution in [0.4, 0.5) is 10.6 Å². The summed E-state index contributed by atoms with van der Waals surface area (Å²) in [6.45, 7) is 4.91. The second kappa shape index (κ2) is 6.70. The Balaban J connectivity index is 1.34. The van der Waals surface area contributed by atoms with Crippen LogP contribution in [0.5, 0.6) is 0 Å². The molecule has 1 saturated heterocycles. The largest absolute Gasteiger partial charge is 0.353 e. The number of amides is 2. The molecule has 1 atom stereocenters. The van der Waals surface area contributed by atoms with Gasteiger partial charge >= 0.3 is 6.03 Å². The summed E-state index contributed by atoms with van der Waals surface area (Å²) in [4.78, 5) is 25.4. The van der Waals surface area contributed by atoms with Gasteiger partial charge in [-0.2, -0.15) is 0 Å². The molecule has 6 nitrogen and oxygen atoms in total. The molecule has 1 aromatic carbocycles. The van der Waals surface area contributed by atoms with Crippen LogP contribution in [0.15, 0.2) is 36.5 Å². The molecule has 0 unspecified atom stereocenters. The molecule has 1 N–H and O–H groups in total. The number of aryl methyl sites for hydroxylation is 2. The van der Waals surface area contributed by atoms with Gasteiger partial charge in [0, 0.05) is 32.4 Å². The molecule has 4 rings (SSSR count). The molecule has 6 heteroatoms. The summed E-state index contributed by atoms with van der Waals surface area (Å²) in [6, 6.07) is 10.5. The Morgan fingerprint density at radius 2 is 1.96 bits per heavy atom. The Labute approximate surface area is 147 Å². The van der Waals surface area contributed by atoms with E-state index >= 15 is 0 Å². The quantitative estimate of drug-likeness (QED) is 0.913. The van der Waals surface area contributed by atoms with Crippen molar-refractivity contribution in [2.24, 2.45) is 0 Å². The molecule has 2 aliphatic rings. The van der Waals surface area contributed by atoms with Crippen molar-refractivity contribution in [1.82, 2.24) is 20.2 Å². The van der Waals surface area contributed by atoms with Gasteiger partial charge < -0.3 is 15.1 Å². The maximum Gasteiger partial charge on any atom is 0.318 e. The van der Waals surface area contributed by atoms with Crippen LogP contribution in [0.3, 0.4) is 0 Å². The van der Waals surface area contributed by atoms with Crippen LogP contribution in [-0.4, -0.2) is 47.1 Å². The minimum Gasteiger partial charge on any atom is -0.353 e. The van der Waals surface area contributed by atoms with Crippen molar-refractivity contribution >= 4 is 11.8 Å². The van der Waals surface area contributed by atoms with Gasteiger partial charge in [0.1, 0.15) is 11.6 Å². The smallest absolute Gasteiger partial charge is 0.318 e. The van der Waals surface area contributed by atoms with Crippen molar-refractivity contribution in [2.75, 3.05) is 31.1 Å². The highest BCUT2D eigenvalue weighted by molar-refractivity contribution is 5.75. The van der Waals surface area contributed by atoms with Gasteiger partial charge in [0.05, 0.1) is 6.04 Å². The second-order valence-corrected chi connectivity index (χ2v) is 6.68. The zero-order valence-electron chi connectivity index (χ0n) is 14.5. The molecular formula is C19H23N5O. The first-order valence-corrected chi connectivity index (χ1v) is 8.88. The lowest BCUT2D eigenvalue weighted by molar-refractivity contribution is 0.190. The standard InChI is InChI=1S/C19H23N5O/c1-14-20-9-8-18(21-14)23-10-12-24(13-11-23)19(25)22-17-7-6-15-4-2-3-5-16(15)17/h2-5,8-9,17H,6-7,10-13H2,1H3,(H,22,25)/t17-/m0/s1. The number of carbonyl (C=O) groups excluding carboxylic acids is 1. The highest BCUT2D eigenvalue weighted by Gasteiger charge is 2.27. The van der Waals surface area contributed by atoms with E-state index in [0.717, 1.165) is 37.6 Å². The number of hydrogen-bond acceptors (Lipinski definition) is 4. The minimum atomic E-state index is 0.0419. The fourth-order valence-corrected chi connectivity index (χ4v) is 3.71. The molecule has 1 aliphatic heterocycles. The fourth-order valence-electron chi connectivity index (χ4n) is 3.71. The van der Waals surface area contributed by atoms with Crippen LogP contribution in [0, 0.1) is 6.92 Å². The molecular weight excluding hydrogens is 314 g/mol. The average molecular weight is 337 g/mol. The maximum absolute atomic E-state index is 12.6. The van der Waals surface area contributed by atoms with E-state index in [4.69, 9.17) is 0 Å². The highest BCUT2D eigenvalue weighted by Crippen LogP contribution is 2.30. The summed E-state index contributed by atoms with van der Waals surface area (Å²) in [5.41, 5.74) is 2.63. The number of nitrogens with one attached hydrogen (secondary N) is 1. The molecule has 2 heterocycles. The van der Waals surface area contributed by atoms with Gasteiger partial charge in [-0.05, 0) is 37.0 Å². The number of anilines is 1. The summed E-state index contributed by atoms with van der Waals surface area (Å²) < 4.78 is 0. The zero-order chi connectivity index (χ0) is 17.2. The molecule has 0 saturated carbocycles. The van der Waals surface area contributed by atoms with Crippen LogP contribution >= 0.6 is 0 Å². The SMILES string of the molecule is Cc1nccc(N2CCN(C(=O)N[C@H]3CCc4ccccc43)CC2)n1. The number of nitrogens with zero attached hydrogens (tertiary/aromatic N) is 4. The number of fused-ring (bicyclic) bond motifs is 1. The normalized spacial score (nSPS) is 19.6. The molecule has 0 radical (unpaired) electrons. The van der Waals surface area contributed by atoms with E-state index in [0.29, 0.717) is 13.1 Å². The van der Waals surface area contributed by atoms with Crippen LogP contribution in [-0.2, 0) is 6.42 Å². The van der Waals surface area contributed by atoms with Crippen LogP contribution in [0.2, 0.25) is 0 Å². The Kier molecular flexibility index (Phi) is 4.26. The van der Waals surface area contributed by atoms with E-state index in [1.165, 1.54) is 11.1 Å². The van der Waals surface area contributed by atoms with Gasteiger partial charge in [0.15, 0.2) is 0 Å². The van der Waals surface area contributed by atoms with Gasteiger partial charge in [0.2, 0.25) is 0 Å². The molecule has 1 fully saturated rings. The van der Waals surface area contributed by atoms with E-state index in [-0.39, 0.29) is 12.1 Å². The lowest BCUT2D eigenvalue weighted by Gasteiger charge is -2.36. The third-order valence-corrected chi connectivity index (χ3v) is 5.08. The number of rotatable bonds is 2. The highest BCUT2D eigenvalue weighted by atomic mass is 16.2. The molecule has 25 heavy (non-hydrogen) atoms. The Bertz CT molecular complexity index is 770. The lowest BCUT2D eigenvalue weighted by Crippen LogP contribution is -2.52. The van der Waals surface area contributed by atoms with E-state index in [2.05, 4.69) is 38.4 Å². The summed E-state index contributed by atoms with van der Waals surface area (Å²) in [6.07, 6.45) is 3.82. The molecule has 2 aromatic rings. The van der Waals surface area contributed by atoms with Crippen molar-refractivity contribution < 1.29 is 4.79 Å². The first-order valence-electron chi connectivity index (χ1n) is 8.88. The summed E-state index contributed by atoms with van der Waals surface area (Å²) in [5, 5.41) is 3.21. The van der Waals surface area contributed by atoms with Crippen LogP contribution in [0.25, 0.3) is 0 Å². The molecule has 130 valence electrons. The third-order valence-electron chi connectivity index (χ3n) is 5.08. The minimum absolute atomic E-state index is 0.0419. The van der Waals surface area contributed by atoms with E-state index in [1.54, 1.807) is 6.20 Å². The van der Waals surface area contributed by atoms with Gasteiger partial charge in [0.25, 0.3) is 0 Å². The van der Waals surface area contributed by atoms with Gasteiger partial charge in [-0.3, -0.25) is 0 Å². The van der Waals surface area contributed by atoms with Gasteiger partial charge in [-0.15, -0.1) is 0 Å². The predicted octanol–water partition coefficient (Wildman–Crippen LogP) is 2.30. The number of carbonyl (C=O) groups is 1. The average Bonchev–Trinajstić information content (AvgIpc) is 3.05. The van der Waals surface area contributed by atoms with Crippen LogP contribution < -0.4 is 10.2 Å². The molecule has 0 bridgehead atoms. The first-order chi connectivity index (χ1) is 12.2. The molecule has 0 spiro atoms. The molecule has 2 amide bonds. The number of urea groups is 1. The number of aromatic nitrogens is 2. The summed E-state index contributed by atoms with van der Waals surface area (Å²) in [7, 11) is 0. The number of hydrogen-bond donors (Lipinski definition) is 1. The second-order valence-electron chi connectivity index (χ2n) is 6.68. The zero-order valence-corrected chi connectivity index (χ0v) is 14.5. The van der Waals surface area contributed by atoms with Crippen LogP contribution in [0.1, 0.15) is 29.4 Å². The fraction of sp³-hybridized carbons (Fsp3) is 0.421. The predicted molar refractivity (Wildman–Crippen MR) is 96.6 cm³/mol. The first kappa shape index (κ1) is 15.9. The Hall–Kier alpha value is -2.63. The Morgan fingerprint density at radius 1 is 1.16 bits per heavy atom. The third kappa shape index (κ3) is 3.29. The maximum atomic E-state index is 12.6. The summed E-state index contributed by atoms with van der Waals surface area (Å²) >= 11 is 0. The monoisotopic (exact) mass is 337 g/mol. The summed E-state index contributed by atoms with van der Waals surface area (Å²) in [5.74, 6) is 1.72. The van der Waals surface area contributed by atoms with E-state index < -0.39 is 0 Å². The van der Waals surface area contributed by atoms with Crippen molar-refractivity contribution in [3.8, 4) is 0 Å². The molecule has 1 aromatic heterocycles. The molecule has 1 aliphatic carbocycles. The van der Waals surface area contributed by atoms with Gasteiger partial charge in [-0.25, -0.2) is 14.8 Å². The topological polar surface area (TPSA) is 61.4 Å². The van der Waals surface area contributed by atoms with E-state index in [1.807, 2.05) is 24.0 Å². The van der Waals surface area contributed by atoms with Crippen molar-refractivity contribution in [1.29, 1.82) is 0 Å². The van der Waals surface area contributed by atoms with Gasteiger partial charge in [-0.1, -0.05) is 24.3 Å². The number of benzene rings is 1.